The molecule has 0 saturated carbocycles. The number of hydrogen-bond donors (Lipinski definition) is 2. The van der Waals surface area contributed by atoms with Crippen LogP contribution in [0.25, 0.3) is 11.1 Å². The maximum absolute atomic E-state index is 14.5. The standard InChI is InChI=1S/C20H21F2N3O4/c1-4-25(24-12(2)26)20(28)23-11-14-9-8-13(10-17(14)22)15-6-5-7-16(21)18(15)19(27)29-3/h5-10H,4,11H2,1-3H3,(H,23,28)(H,24,26). The first-order chi connectivity index (χ1) is 13.8. The van der Waals surface area contributed by atoms with Crippen molar-refractivity contribution in [1.29, 1.82) is 0 Å². The molecule has 154 valence electrons. The number of amides is 3. The van der Waals surface area contributed by atoms with Crippen molar-refractivity contribution >= 4 is 17.9 Å². The molecule has 0 bridgehead atoms. The molecular formula is C20H21F2N3O4. The lowest BCUT2D eigenvalue weighted by atomic mass is 9.98. The van der Waals surface area contributed by atoms with E-state index in [2.05, 4.69) is 15.5 Å². The molecule has 0 aliphatic carbocycles. The van der Waals surface area contributed by atoms with Crippen LogP contribution in [0, 0.1) is 11.6 Å². The Morgan fingerprint density at radius 2 is 1.83 bits per heavy atom. The lowest BCUT2D eigenvalue weighted by Crippen LogP contribution is -2.49. The van der Waals surface area contributed by atoms with E-state index < -0.39 is 29.5 Å². The molecular weight excluding hydrogens is 384 g/mol. The first-order valence-corrected chi connectivity index (χ1v) is 8.76. The van der Waals surface area contributed by atoms with Crippen molar-refractivity contribution in [3.8, 4) is 11.1 Å². The Hall–Kier alpha value is -3.49. The Balaban J connectivity index is 2.22. The highest BCUT2D eigenvalue weighted by atomic mass is 19.1. The summed E-state index contributed by atoms with van der Waals surface area (Å²) in [5.74, 6) is -2.70. The highest BCUT2D eigenvalue weighted by molar-refractivity contribution is 5.97. The van der Waals surface area contributed by atoms with Crippen molar-refractivity contribution in [3.05, 3.63) is 59.2 Å². The van der Waals surface area contributed by atoms with Crippen molar-refractivity contribution in [2.24, 2.45) is 0 Å². The van der Waals surface area contributed by atoms with E-state index in [9.17, 15) is 23.2 Å². The Morgan fingerprint density at radius 1 is 1.10 bits per heavy atom. The largest absolute Gasteiger partial charge is 0.465 e. The molecule has 2 N–H and O–H groups in total. The highest BCUT2D eigenvalue weighted by Gasteiger charge is 2.19. The number of benzene rings is 2. The van der Waals surface area contributed by atoms with E-state index in [-0.39, 0.29) is 35.3 Å². The zero-order valence-corrected chi connectivity index (χ0v) is 16.2. The number of esters is 1. The van der Waals surface area contributed by atoms with Crippen molar-refractivity contribution < 1.29 is 27.9 Å². The molecule has 0 aliphatic rings. The van der Waals surface area contributed by atoms with E-state index in [1.807, 2.05) is 0 Å². The molecule has 0 aromatic heterocycles. The van der Waals surface area contributed by atoms with Gasteiger partial charge in [-0.15, -0.1) is 0 Å². The van der Waals surface area contributed by atoms with Crippen LogP contribution in [0.5, 0.6) is 0 Å². The molecule has 0 saturated heterocycles. The zero-order chi connectivity index (χ0) is 21.6. The van der Waals surface area contributed by atoms with Crippen molar-refractivity contribution in [2.75, 3.05) is 13.7 Å². The number of nitrogens with one attached hydrogen (secondary N) is 2. The van der Waals surface area contributed by atoms with Crippen LogP contribution >= 0.6 is 0 Å². The molecule has 0 radical (unpaired) electrons. The van der Waals surface area contributed by atoms with E-state index in [1.54, 1.807) is 6.92 Å². The van der Waals surface area contributed by atoms with E-state index in [0.29, 0.717) is 0 Å². The third-order valence-electron chi connectivity index (χ3n) is 4.05. The fraction of sp³-hybridized carbons (Fsp3) is 0.250. The van der Waals surface area contributed by atoms with Gasteiger partial charge in [-0.2, -0.15) is 0 Å². The van der Waals surface area contributed by atoms with Gasteiger partial charge >= 0.3 is 12.0 Å². The van der Waals surface area contributed by atoms with Crippen LogP contribution in [-0.4, -0.2) is 36.6 Å². The molecule has 2 aromatic carbocycles. The molecule has 2 rings (SSSR count). The van der Waals surface area contributed by atoms with E-state index in [1.165, 1.54) is 31.2 Å². The number of halogens is 2. The second kappa shape index (κ2) is 9.63. The lowest BCUT2D eigenvalue weighted by molar-refractivity contribution is -0.122. The van der Waals surface area contributed by atoms with Gasteiger partial charge in [-0.1, -0.05) is 24.3 Å². The predicted octanol–water partition coefficient (Wildman–Crippen LogP) is 3.00. The SMILES string of the molecule is CCN(NC(C)=O)C(=O)NCc1ccc(-c2cccc(F)c2C(=O)OC)cc1F. The third kappa shape index (κ3) is 5.28. The Labute approximate surface area is 166 Å². The highest BCUT2D eigenvalue weighted by Crippen LogP contribution is 2.28. The Kier molecular flexibility index (Phi) is 7.24. The van der Waals surface area contributed by atoms with E-state index in [4.69, 9.17) is 0 Å². The first-order valence-electron chi connectivity index (χ1n) is 8.76. The van der Waals surface area contributed by atoms with Crippen LogP contribution in [0.3, 0.4) is 0 Å². The summed E-state index contributed by atoms with van der Waals surface area (Å²) in [5.41, 5.74) is 2.71. The summed E-state index contributed by atoms with van der Waals surface area (Å²) in [6, 6.07) is 7.49. The number of hydrogen-bond acceptors (Lipinski definition) is 4. The average molecular weight is 405 g/mol. The molecule has 9 heteroatoms. The van der Waals surface area contributed by atoms with Crippen LogP contribution in [0.4, 0.5) is 13.6 Å². The Bertz CT molecular complexity index is 934. The average Bonchev–Trinajstić information content (AvgIpc) is 2.69. The molecule has 0 unspecified atom stereocenters. The van der Waals surface area contributed by atoms with Gasteiger partial charge in [-0.25, -0.2) is 23.4 Å². The quantitative estimate of drug-likeness (QED) is 0.591. The fourth-order valence-corrected chi connectivity index (χ4v) is 2.66. The van der Waals surface area contributed by atoms with Crippen LogP contribution in [0.15, 0.2) is 36.4 Å². The van der Waals surface area contributed by atoms with Crippen molar-refractivity contribution in [1.82, 2.24) is 15.8 Å². The lowest BCUT2D eigenvalue weighted by Gasteiger charge is -2.21. The summed E-state index contributed by atoms with van der Waals surface area (Å²) in [4.78, 5) is 35.0. The number of rotatable bonds is 5. The zero-order valence-electron chi connectivity index (χ0n) is 16.2. The maximum Gasteiger partial charge on any atom is 0.341 e. The summed E-state index contributed by atoms with van der Waals surface area (Å²) < 4.78 is 33.2. The van der Waals surface area contributed by atoms with Gasteiger partial charge in [-0.05, 0) is 30.2 Å². The molecule has 7 nitrogen and oxygen atoms in total. The molecule has 2 aromatic rings. The molecule has 0 fully saturated rings. The van der Waals surface area contributed by atoms with Gasteiger partial charge in [0.15, 0.2) is 0 Å². The van der Waals surface area contributed by atoms with Crippen molar-refractivity contribution in [3.63, 3.8) is 0 Å². The summed E-state index contributed by atoms with van der Waals surface area (Å²) in [5, 5.41) is 3.56. The van der Waals surface area contributed by atoms with E-state index >= 15 is 0 Å². The molecule has 3 amide bonds. The van der Waals surface area contributed by atoms with Crippen LogP contribution in [-0.2, 0) is 16.1 Å². The number of hydrazine groups is 1. The second-order valence-corrected chi connectivity index (χ2v) is 6.03. The molecule has 0 atom stereocenters. The van der Waals surface area contributed by atoms with E-state index in [0.717, 1.165) is 24.3 Å². The van der Waals surface area contributed by atoms with Crippen molar-refractivity contribution in [2.45, 2.75) is 20.4 Å². The Morgan fingerprint density at radius 3 is 2.41 bits per heavy atom. The summed E-state index contributed by atoms with van der Waals surface area (Å²) in [7, 11) is 1.13. The number of carbonyl (C=O) groups excluding carboxylic acids is 3. The van der Waals surface area contributed by atoms with Gasteiger partial charge in [0.05, 0.1) is 7.11 Å². The predicted molar refractivity (Wildman–Crippen MR) is 102 cm³/mol. The minimum absolute atomic E-state index is 0.131. The van der Waals surface area contributed by atoms with Gasteiger partial charge in [-0.3, -0.25) is 10.2 Å². The summed E-state index contributed by atoms with van der Waals surface area (Å²) in [6.45, 7) is 3.03. The maximum atomic E-state index is 14.5. The molecule has 0 aliphatic heterocycles. The molecule has 0 spiro atoms. The van der Waals surface area contributed by atoms with Gasteiger partial charge in [0, 0.05) is 25.6 Å². The normalized spacial score (nSPS) is 10.2. The molecule has 0 heterocycles. The van der Waals surface area contributed by atoms with Crippen LogP contribution in [0.2, 0.25) is 0 Å². The fourth-order valence-electron chi connectivity index (χ4n) is 2.66. The second-order valence-electron chi connectivity index (χ2n) is 6.03. The number of urea groups is 1. The minimum Gasteiger partial charge on any atom is -0.465 e. The van der Waals surface area contributed by atoms with Crippen LogP contribution < -0.4 is 10.7 Å². The topological polar surface area (TPSA) is 87.7 Å². The number of methoxy groups -OCH3 is 1. The number of carbonyl (C=O) groups is 3. The van der Waals surface area contributed by atoms with Crippen LogP contribution in [0.1, 0.15) is 29.8 Å². The number of ether oxygens (including phenoxy) is 1. The van der Waals surface area contributed by atoms with Gasteiger partial charge in [0.25, 0.3) is 0 Å². The minimum atomic E-state index is -0.868. The monoisotopic (exact) mass is 405 g/mol. The van der Waals surface area contributed by atoms with Gasteiger partial charge in [0.2, 0.25) is 5.91 Å². The smallest absolute Gasteiger partial charge is 0.341 e. The number of nitrogens with zero attached hydrogens (tertiary/aromatic N) is 1. The summed E-state index contributed by atoms with van der Waals surface area (Å²) in [6.07, 6.45) is 0. The molecule has 29 heavy (non-hydrogen) atoms. The third-order valence-corrected chi connectivity index (χ3v) is 4.05. The first kappa shape index (κ1) is 21.8. The van der Waals surface area contributed by atoms with Gasteiger partial charge in [0.1, 0.15) is 17.2 Å². The van der Waals surface area contributed by atoms with Gasteiger partial charge < -0.3 is 10.1 Å². The summed E-state index contributed by atoms with van der Waals surface area (Å²) >= 11 is 0.